The van der Waals surface area contributed by atoms with Gasteiger partial charge in [-0.1, -0.05) is 249 Å². The molecule has 0 rings (SSSR count). The molecule has 8 nitrogen and oxygen atoms in total. The van der Waals surface area contributed by atoms with Gasteiger partial charge in [0.25, 0.3) is 7.82 Å². The molecular weight excluding hydrogens is 840 g/mol. The summed E-state index contributed by atoms with van der Waals surface area (Å²) in [6.45, 7) is 4.67. The van der Waals surface area contributed by atoms with Crippen LogP contribution in [0.1, 0.15) is 271 Å². The number of quaternary nitrogens is 1. The highest BCUT2D eigenvalue weighted by Crippen LogP contribution is 2.38. The van der Waals surface area contributed by atoms with Crippen LogP contribution >= 0.6 is 7.82 Å². The number of carbonyl (C=O) groups is 1. The van der Waals surface area contributed by atoms with Crippen LogP contribution in [0.25, 0.3) is 0 Å². The molecule has 0 saturated heterocycles. The molecule has 0 radical (unpaired) electrons. The van der Waals surface area contributed by atoms with Gasteiger partial charge in [0, 0.05) is 6.42 Å². The predicted molar refractivity (Wildman–Crippen MR) is 284 cm³/mol. The molecule has 2 N–H and O–H groups in total. The fourth-order valence-electron chi connectivity index (χ4n) is 8.36. The zero-order valence-corrected chi connectivity index (χ0v) is 45.3. The number of likely N-dealkylation sites (N-methyl/N-ethyl adjacent to an activating group) is 1. The number of hydrogen-bond donors (Lipinski definition) is 2. The van der Waals surface area contributed by atoms with Gasteiger partial charge in [0.2, 0.25) is 5.91 Å². The van der Waals surface area contributed by atoms with Crippen molar-refractivity contribution in [3.63, 3.8) is 0 Å². The van der Waals surface area contributed by atoms with Crippen LogP contribution < -0.4 is 10.2 Å². The Balaban J connectivity index is 4.21. The van der Waals surface area contributed by atoms with Gasteiger partial charge in [0.1, 0.15) is 13.2 Å². The van der Waals surface area contributed by atoms with Gasteiger partial charge < -0.3 is 28.8 Å². The van der Waals surface area contributed by atoms with Crippen molar-refractivity contribution in [2.45, 2.75) is 283 Å². The topological polar surface area (TPSA) is 108 Å². The largest absolute Gasteiger partial charge is 0.756 e. The second-order valence-corrected chi connectivity index (χ2v) is 22.1. The summed E-state index contributed by atoms with van der Waals surface area (Å²) in [5.41, 5.74) is 0. The maximum Gasteiger partial charge on any atom is 0.268 e. The molecule has 0 saturated carbocycles. The lowest BCUT2D eigenvalue weighted by molar-refractivity contribution is -0.870. The first-order chi connectivity index (χ1) is 32.0. The van der Waals surface area contributed by atoms with Crippen LogP contribution in [0.15, 0.2) is 36.5 Å². The van der Waals surface area contributed by atoms with Gasteiger partial charge in [-0.3, -0.25) is 9.36 Å². The lowest BCUT2D eigenvalue weighted by atomic mass is 10.0. The van der Waals surface area contributed by atoms with Crippen molar-refractivity contribution in [1.29, 1.82) is 0 Å². The van der Waals surface area contributed by atoms with Crippen molar-refractivity contribution in [1.82, 2.24) is 5.32 Å². The van der Waals surface area contributed by atoms with E-state index >= 15 is 0 Å². The number of amides is 1. The van der Waals surface area contributed by atoms with Gasteiger partial charge in [-0.05, 0) is 51.4 Å². The molecule has 3 atom stereocenters. The zero-order chi connectivity index (χ0) is 48.5. The van der Waals surface area contributed by atoms with Crippen molar-refractivity contribution in [3.05, 3.63) is 36.5 Å². The number of carbonyl (C=O) groups excluding carboxylic acids is 1. The third-order valence-corrected chi connectivity index (χ3v) is 13.8. The Labute approximate surface area is 410 Å². The van der Waals surface area contributed by atoms with E-state index in [0.717, 1.165) is 44.9 Å². The first kappa shape index (κ1) is 64.7. The quantitative estimate of drug-likeness (QED) is 0.0272. The van der Waals surface area contributed by atoms with Gasteiger partial charge in [-0.25, -0.2) is 0 Å². The van der Waals surface area contributed by atoms with Crippen molar-refractivity contribution in [2.75, 3.05) is 40.9 Å². The third-order valence-electron chi connectivity index (χ3n) is 12.8. The van der Waals surface area contributed by atoms with Crippen molar-refractivity contribution >= 4 is 13.7 Å². The van der Waals surface area contributed by atoms with Crippen LogP contribution in [-0.4, -0.2) is 68.5 Å². The van der Waals surface area contributed by atoms with Gasteiger partial charge in [0.05, 0.1) is 39.9 Å². The molecule has 0 aliphatic rings. The van der Waals surface area contributed by atoms with Crippen LogP contribution in [0.4, 0.5) is 0 Å². The highest BCUT2D eigenvalue weighted by molar-refractivity contribution is 7.45. The summed E-state index contributed by atoms with van der Waals surface area (Å²) in [5, 5.41) is 13.9. The number of aliphatic hydroxyl groups is 1. The van der Waals surface area contributed by atoms with E-state index < -0.39 is 20.0 Å². The average Bonchev–Trinajstić information content (AvgIpc) is 3.28. The first-order valence-electron chi connectivity index (χ1n) is 28.4. The number of hydrogen-bond acceptors (Lipinski definition) is 6. The van der Waals surface area contributed by atoms with E-state index in [-0.39, 0.29) is 19.1 Å². The molecule has 3 unspecified atom stereocenters. The van der Waals surface area contributed by atoms with Crippen LogP contribution in [0, 0.1) is 0 Å². The summed E-state index contributed by atoms with van der Waals surface area (Å²) in [6.07, 6.45) is 62.1. The van der Waals surface area contributed by atoms with Crippen molar-refractivity contribution < 1.29 is 32.9 Å². The molecule has 0 bridgehead atoms. The number of phosphoric acid groups is 1. The minimum Gasteiger partial charge on any atom is -0.756 e. The molecule has 0 aromatic heterocycles. The summed E-state index contributed by atoms with van der Waals surface area (Å²) >= 11 is 0. The molecule has 66 heavy (non-hydrogen) atoms. The Hall–Kier alpha value is -1.28. The monoisotopic (exact) mass is 951 g/mol. The maximum absolute atomic E-state index is 13.0. The minimum absolute atomic E-state index is 0.000308. The third kappa shape index (κ3) is 50.6. The standard InChI is InChI=1S/C57H111N2O6P/c1-6-8-10-12-14-16-18-20-22-24-26-27-28-29-30-31-33-35-37-39-41-43-45-47-49-51-57(61)58-55(54-65-66(62,63)64-53-52-59(3,4)5)56(60)50-48-46-44-42-40-38-36-34-32-25-23-21-19-17-15-13-11-9-7-2/h18,20,24,26,48,50,55-56,60H,6-17,19,21-23,25,27-47,49,51-54H2,1-5H3,(H-,58,61,62,63)/b20-18-,26-24-,50-48+. The van der Waals surface area contributed by atoms with Gasteiger partial charge >= 0.3 is 0 Å². The summed E-state index contributed by atoms with van der Waals surface area (Å²) < 4.78 is 23.3. The molecule has 0 heterocycles. The van der Waals surface area contributed by atoms with Gasteiger partial charge in [-0.2, -0.15) is 0 Å². The van der Waals surface area contributed by atoms with Gasteiger partial charge in [0.15, 0.2) is 0 Å². The summed E-state index contributed by atoms with van der Waals surface area (Å²) in [6, 6.07) is -0.886. The molecule has 0 aliphatic carbocycles. The molecule has 0 spiro atoms. The Morgan fingerprint density at radius 3 is 1.26 bits per heavy atom. The molecule has 9 heteroatoms. The lowest BCUT2D eigenvalue weighted by Crippen LogP contribution is -2.45. The SMILES string of the molecule is CCCCCCC/C=C\C/C=C\CCCCCCCCCCCCCCCC(=O)NC(COP(=O)([O-])OCC[N+](C)(C)C)C(O)/C=C/CCCCCCCCCCCCCCCCCCC. The Morgan fingerprint density at radius 2 is 0.879 bits per heavy atom. The van der Waals surface area contributed by atoms with Crippen LogP contribution in [0.5, 0.6) is 0 Å². The molecule has 390 valence electrons. The Bertz CT molecular complexity index is 1170. The molecule has 0 aliphatic heterocycles. The first-order valence-corrected chi connectivity index (χ1v) is 29.8. The fourth-order valence-corrected chi connectivity index (χ4v) is 9.08. The van der Waals surface area contributed by atoms with Crippen LogP contribution in [0.3, 0.4) is 0 Å². The van der Waals surface area contributed by atoms with E-state index in [0.29, 0.717) is 17.4 Å². The number of rotatable bonds is 52. The average molecular weight is 951 g/mol. The van der Waals surface area contributed by atoms with E-state index in [1.165, 1.54) is 205 Å². The predicted octanol–water partition coefficient (Wildman–Crippen LogP) is 16.4. The number of nitrogens with zero attached hydrogens (tertiary/aromatic N) is 1. The molecule has 0 aromatic rings. The second-order valence-electron chi connectivity index (χ2n) is 20.6. The normalized spacial score (nSPS) is 14.2. The number of nitrogens with one attached hydrogen (secondary N) is 1. The van der Waals surface area contributed by atoms with E-state index in [1.807, 2.05) is 27.2 Å². The second kappa shape index (κ2) is 48.7. The lowest BCUT2D eigenvalue weighted by Gasteiger charge is -2.29. The maximum atomic E-state index is 13.0. The number of phosphoric ester groups is 1. The Morgan fingerprint density at radius 1 is 0.530 bits per heavy atom. The highest BCUT2D eigenvalue weighted by Gasteiger charge is 2.23. The van der Waals surface area contributed by atoms with Crippen LogP contribution in [0.2, 0.25) is 0 Å². The van der Waals surface area contributed by atoms with Gasteiger partial charge in [-0.15, -0.1) is 0 Å². The molecule has 0 fully saturated rings. The fraction of sp³-hybridized carbons (Fsp3) is 0.877. The number of aliphatic hydroxyl groups excluding tert-OH is 1. The van der Waals surface area contributed by atoms with E-state index in [2.05, 4.69) is 43.5 Å². The number of unbranched alkanes of at least 4 members (excludes halogenated alkanes) is 35. The summed E-state index contributed by atoms with van der Waals surface area (Å²) in [4.78, 5) is 25.5. The van der Waals surface area contributed by atoms with Crippen molar-refractivity contribution in [2.24, 2.45) is 0 Å². The highest BCUT2D eigenvalue weighted by atomic mass is 31.2. The van der Waals surface area contributed by atoms with E-state index in [9.17, 15) is 19.4 Å². The molecule has 0 aromatic carbocycles. The van der Waals surface area contributed by atoms with Crippen molar-refractivity contribution in [3.8, 4) is 0 Å². The van der Waals surface area contributed by atoms with Crippen LogP contribution in [-0.2, 0) is 18.4 Å². The number of allylic oxidation sites excluding steroid dienone is 5. The summed E-state index contributed by atoms with van der Waals surface area (Å²) in [7, 11) is 1.27. The zero-order valence-electron chi connectivity index (χ0n) is 44.4. The van der Waals surface area contributed by atoms with E-state index in [1.54, 1.807) is 6.08 Å². The molecule has 1 amide bonds. The Kier molecular flexibility index (Phi) is 47.8. The molecular formula is C57H111N2O6P. The summed E-state index contributed by atoms with van der Waals surface area (Å²) in [5.74, 6) is -0.195. The van der Waals surface area contributed by atoms with E-state index in [4.69, 9.17) is 9.05 Å². The smallest absolute Gasteiger partial charge is 0.268 e. The minimum atomic E-state index is -4.59.